The van der Waals surface area contributed by atoms with Crippen LogP contribution in [0.25, 0.3) is 0 Å². The Morgan fingerprint density at radius 2 is 1.96 bits per heavy atom. The number of halogens is 1. The molecule has 7 heteroatoms. The van der Waals surface area contributed by atoms with Gasteiger partial charge in [0.05, 0.1) is 13.2 Å². The largest absolute Gasteiger partial charge is 0.379 e. The highest BCUT2D eigenvalue weighted by molar-refractivity contribution is 14.0. The molecule has 6 nitrogen and oxygen atoms in total. The molecular weight excluding hydrogens is 405 g/mol. The first-order valence-electron chi connectivity index (χ1n) is 8.75. The zero-order valence-electron chi connectivity index (χ0n) is 14.5. The van der Waals surface area contributed by atoms with E-state index in [0.29, 0.717) is 12.1 Å². The van der Waals surface area contributed by atoms with Crippen LogP contribution in [0.4, 0.5) is 0 Å². The number of ether oxygens (including phenoxy) is 1. The number of likely N-dealkylation sites (N-methyl/N-ethyl adjacent to an activating group) is 1. The van der Waals surface area contributed by atoms with Crippen molar-refractivity contribution in [3.8, 4) is 0 Å². The van der Waals surface area contributed by atoms with Crippen molar-refractivity contribution in [2.75, 3.05) is 66.6 Å². The highest BCUT2D eigenvalue weighted by atomic mass is 127. The number of guanidine groups is 1. The topological polar surface area (TPSA) is 43.3 Å². The van der Waals surface area contributed by atoms with Crippen molar-refractivity contribution in [2.45, 2.75) is 31.3 Å². The van der Waals surface area contributed by atoms with Crippen LogP contribution in [-0.4, -0.2) is 99.3 Å². The van der Waals surface area contributed by atoms with Gasteiger partial charge in [-0.1, -0.05) is 0 Å². The molecule has 2 atom stereocenters. The number of aliphatic imine (C=N–C) groups is 1. The third-order valence-electron chi connectivity index (χ3n) is 5.40. The van der Waals surface area contributed by atoms with Gasteiger partial charge in [0, 0.05) is 51.9 Å². The second kappa shape index (κ2) is 9.39. The molecule has 3 saturated heterocycles. The number of rotatable bonds is 3. The van der Waals surface area contributed by atoms with Gasteiger partial charge in [-0.15, -0.1) is 24.0 Å². The van der Waals surface area contributed by atoms with Crippen molar-refractivity contribution in [1.29, 1.82) is 0 Å². The Kier molecular flexibility index (Phi) is 7.84. The highest BCUT2D eigenvalue weighted by Gasteiger charge is 2.30. The molecule has 134 valence electrons. The summed E-state index contributed by atoms with van der Waals surface area (Å²) in [4.78, 5) is 12.0. The number of nitrogens with zero attached hydrogens (tertiary/aromatic N) is 4. The molecule has 0 spiro atoms. The zero-order chi connectivity index (χ0) is 15.4. The van der Waals surface area contributed by atoms with E-state index in [1.54, 1.807) is 0 Å². The highest BCUT2D eigenvalue weighted by Crippen LogP contribution is 2.18. The van der Waals surface area contributed by atoms with Crippen LogP contribution in [0.1, 0.15) is 19.3 Å². The van der Waals surface area contributed by atoms with E-state index in [1.807, 2.05) is 7.05 Å². The molecule has 3 aliphatic heterocycles. The molecule has 3 rings (SSSR count). The van der Waals surface area contributed by atoms with Crippen molar-refractivity contribution in [1.82, 2.24) is 20.0 Å². The molecule has 0 aromatic heterocycles. The van der Waals surface area contributed by atoms with Gasteiger partial charge in [0.15, 0.2) is 5.96 Å². The van der Waals surface area contributed by atoms with Gasteiger partial charge in [-0.3, -0.25) is 9.89 Å². The molecular formula is C16H32IN5O. The maximum atomic E-state index is 5.46. The first-order valence-corrected chi connectivity index (χ1v) is 8.75. The van der Waals surface area contributed by atoms with Crippen molar-refractivity contribution in [2.24, 2.45) is 4.99 Å². The van der Waals surface area contributed by atoms with Gasteiger partial charge in [0.2, 0.25) is 0 Å². The summed E-state index contributed by atoms with van der Waals surface area (Å²) in [6, 6.07) is 1.32. The van der Waals surface area contributed by atoms with Crippen molar-refractivity contribution in [3.05, 3.63) is 0 Å². The Hall–Kier alpha value is -0.120. The fourth-order valence-corrected chi connectivity index (χ4v) is 3.95. The van der Waals surface area contributed by atoms with Gasteiger partial charge in [-0.25, -0.2) is 0 Å². The summed E-state index contributed by atoms with van der Waals surface area (Å²) in [5.41, 5.74) is 0. The van der Waals surface area contributed by atoms with Crippen LogP contribution < -0.4 is 5.32 Å². The van der Waals surface area contributed by atoms with Crippen LogP contribution in [0.15, 0.2) is 4.99 Å². The van der Waals surface area contributed by atoms with E-state index in [2.05, 4.69) is 32.1 Å². The lowest BCUT2D eigenvalue weighted by Crippen LogP contribution is -2.48. The summed E-state index contributed by atoms with van der Waals surface area (Å²) in [6.07, 6.45) is 3.87. The Bertz CT molecular complexity index is 389. The van der Waals surface area contributed by atoms with Crippen LogP contribution in [-0.2, 0) is 4.74 Å². The van der Waals surface area contributed by atoms with Gasteiger partial charge in [0.1, 0.15) is 0 Å². The van der Waals surface area contributed by atoms with E-state index >= 15 is 0 Å². The lowest BCUT2D eigenvalue weighted by Gasteiger charge is -2.32. The van der Waals surface area contributed by atoms with Gasteiger partial charge in [-0.05, 0) is 32.9 Å². The summed E-state index contributed by atoms with van der Waals surface area (Å²) in [7, 11) is 4.13. The first kappa shape index (κ1) is 19.2. The number of hydrogen-bond donors (Lipinski definition) is 1. The molecule has 0 saturated carbocycles. The summed E-state index contributed by atoms with van der Waals surface area (Å²) < 4.78 is 5.46. The molecule has 1 N–H and O–H groups in total. The van der Waals surface area contributed by atoms with Crippen LogP contribution in [0.2, 0.25) is 0 Å². The Morgan fingerprint density at radius 1 is 1.17 bits per heavy atom. The van der Waals surface area contributed by atoms with Crippen molar-refractivity contribution < 1.29 is 4.74 Å². The fraction of sp³-hybridized carbons (Fsp3) is 0.938. The van der Waals surface area contributed by atoms with Gasteiger partial charge in [-0.2, -0.15) is 0 Å². The van der Waals surface area contributed by atoms with E-state index in [9.17, 15) is 0 Å². The average molecular weight is 437 g/mol. The maximum Gasteiger partial charge on any atom is 0.193 e. The summed E-state index contributed by atoms with van der Waals surface area (Å²) >= 11 is 0. The minimum atomic E-state index is 0. The molecule has 3 aliphatic rings. The summed E-state index contributed by atoms with van der Waals surface area (Å²) in [6.45, 7) is 8.39. The Morgan fingerprint density at radius 3 is 2.61 bits per heavy atom. The molecule has 0 aliphatic carbocycles. The van der Waals surface area contributed by atoms with Crippen molar-refractivity contribution in [3.63, 3.8) is 0 Å². The molecule has 0 aromatic rings. The molecule has 23 heavy (non-hydrogen) atoms. The smallest absolute Gasteiger partial charge is 0.193 e. The summed E-state index contributed by atoms with van der Waals surface area (Å²) in [5.74, 6) is 1.08. The molecule has 0 radical (unpaired) electrons. The molecule has 0 amide bonds. The number of hydrogen-bond acceptors (Lipinski definition) is 4. The third kappa shape index (κ3) is 4.93. The second-order valence-corrected chi connectivity index (χ2v) is 6.74. The minimum absolute atomic E-state index is 0. The van der Waals surface area contributed by atoms with Gasteiger partial charge < -0.3 is 19.9 Å². The van der Waals surface area contributed by atoms with Crippen LogP contribution in [0, 0.1) is 0 Å². The normalized spacial score (nSPS) is 30.5. The summed E-state index contributed by atoms with van der Waals surface area (Å²) in [5, 5.41) is 3.60. The third-order valence-corrected chi connectivity index (χ3v) is 5.40. The van der Waals surface area contributed by atoms with E-state index in [0.717, 1.165) is 51.9 Å². The first-order chi connectivity index (χ1) is 10.8. The predicted molar refractivity (Wildman–Crippen MR) is 105 cm³/mol. The van der Waals surface area contributed by atoms with E-state index < -0.39 is 0 Å². The SMILES string of the molecule is CN=C(NCC1CCCN1C)N1CCC(N2CCOCC2)C1.I. The van der Waals surface area contributed by atoms with Crippen LogP contribution in [0.5, 0.6) is 0 Å². The standard InChI is InChI=1S/C16H31N5O.HI/c1-17-16(18-12-14-4-3-6-19(14)2)21-7-5-15(13-21)20-8-10-22-11-9-20;/h14-15H,3-13H2,1-2H3,(H,17,18);1H. The monoisotopic (exact) mass is 437 g/mol. The van der Waals surface area contributed by atoms with E-state index in [-0.39, 0.29) is 24.0 Å². The van der Waals surface area contributed by atoms with Crippen LogP contribution in [0.3, 0.4) is 0 Å². The zero-order valence-corrected chi connectivity index (χ0v) is 16.9. The Labute approximate surface area is 157 Å². The average Bonchev–Trinajstić information content (AvgIpc) is 3.19. The minimum Gasteiger partial charge on any atom is -0.379 e. The predicted octanol–water partition coefficient (Wildman–Crippen LogP) is 0.681. The molecule has 3 fully saturated rings. The lowest BCUT2D eigenvalue weighted by atomic mass is 10.2. The van der Waals surface area contributed by atoms with Gasteiger partial charge >= 0.3 is 0 Å². The van der Waals surface area contributed by atoms with E-state index in [4.69, 9.17) is 4.74 Å². The molecule has 0 bridgehead atoms. The van der Waals surface area contributed by atoms with Crippen molar-refractivity contribution >= 4 is 29.9 Å². The lowest BCUT2D eigenvalue weighted by molar-refractivity contribution is 0.0195. The second-order valence-electron chi connectivity index (χ2n) is 6.74. The number of morpholine rings is 1. The van der Waals surface area contributed by atoms with E-state index in [1.165, 1.54) is 25.8 Å². The number of nitrogens with one attached hydrogen (secondary N) is 1. The fourth-order valence-electron chi connectivity index (χ4n) is 3.95. The molecule has 2 unspecified atom stereocenters. The quantitative estimate of drug-likeness (QED) is 0.400. The number of likely N-dealkylation sites (tertiary alicyclic amines) is 2. The maximum absolute atomic E-state index is 5.46. The van der Waals surface area contributed by atoms with Crippen LogP contribution >= 0.6 is 24.0 Å². The van der Waals surface area contributed by atoms with Gasteiger partial charge in [0.25, 0.3) is 0 Å². The molecule has 0 aromatic carbocycles. The molecule has 3 heterocycles. The Balaban J connectivity index is 0.00000192.